The van der Waals surface area contributed by atoms with Gasteiger partial charge in [-0.15, -0.1) is 0 Å². The van der Waals surface area contributed by atoms with E-state index in [1.54, 1.807) is 18.2 Å². The number of rotatable bonds is 4. The molecule has 0 radical (unpaired) electrons. The van der Waals surface area contributed by atoms with E-state index in [9.17, 15) is 18.0 Å². The van der Waals surface area contributed by atoms with E-state index in [1.807, 2.05) is 0 Å². The van der Waals surface area contributed by atoms with Crippen LogP contribution in [0.1, 0.15) is 5.56 Å². The lowest BCUT2D eigenvalue weighted by Gasteiger charge is -2.13. The van der Waals surface area contributed by atoms with Gasteiger partial charge in [-0.3, -0.25) is 0 Å². The number of halogens is 3. The largest absolute Gasteiger partial charge is 0.511 e. The van der Waals surface area contributed by atoms with Crippen molar-refractivity contribution >= 4 is 17.2 Å². The van der Waals surface area contributed by atoms with Crippen LogP contribution in [0.3, 0.4) is 0 Å². The molecule has 2 N–H and O–H groups in total. The van der Waals surface area contributed by atoms with Crippen LogP contribution in [0.5, 0.6) is 17.2 Å². The van der Waals surface area contributed by atoms with Crippen LogP contribution < -0.4 is 9.47 Å². The molecule has 30 heavy (non-hydrogen) atoms. The quantitative estimate of drug-likeness (QED) is 0.311. The first-order valence-electron chi connectivity index (χ1n) is 8.65. The molecule has 1 heterocycles. The fraction of sp³-hybridized carbons (Fsp3) is 0.0476. The minimum absolute atomic E-state index is 0.150. The number of aromatic nitrogens is 2. The topological polar surface area (TPSA) is 84.4 Å². The van der Waals surface area contributed by atoms with Crippen molar-refractivity contribution in [3.63, 3.8) is 0 Å². The molecule has 1 aromatic heterocycles. The van der Waals surface area contributed by atoms with E-state index < -0.39 is 17.9 Å². The highest BCUT2D eigenvalue weighted by Crippen LogP contribution is 2.38. The molecule has 4 rings (SSSR count). The Bertz CT molecular complexity index is 1220. The summed E-state index contributed by atoms with van der Waals surface area (Å²) in [5.41, 5.74) is 0.986. The lowest BCUT2D eigenvalue weighted by Crippen LogP contribution is -2.06. The number of carboxylic acid groups (broad SMARTS) is 1. The van der Waals surface area contributed by atoms with E-state index in [1.165, 1.54) is 42.5 Å². The summed E-state index contributed by atoms with van der Waals surface area (Å²) in [6.07, 6.45) is -5.94. The molecule has 0 unspecified atom stereocenters. The number of carbonyl (C=O) groups is 1. The Hall–Kier alpha value is -4.01. The molecule has 0 amide bonds. The van der Waals surface area contributed by atoms with E-state index in [0.29, 0.717) is 22.4 Å². The SMILES string of the molecule is O=C(O)Oc1ccc2nc(-c3ccc(Oc4ccccc4C(F)(F)F)cc3)[nH]c2c1. The van der Waals surface area contributed by atoms with E-state index in [4.69, 9.17) is 9.84 Å². The van der Waals surface area contributed by atoms with Crippen LogP contribution in [0.4, 0.5) is 18.0 Å². The van der Waals surface area contributed by atoms with Gasteiger partial charge in [0.15, 0.2) is 0 Å². The zero-order chi connectivity index (χ0) is 21.3. The van der Waals surface area contributed by atoms with Gasteiger partial charge in [0, 0.05) is 11.6 Å². The van der Waals surface area contributed by atoms with Gasteiger partial charge in [-0.1, -0.05) is 12.1 Å². The van der Waals surface area contributed by atoms with Crippen LogP contribution in [0.25, 0.3) is 22.4 Å². The molecule has 0 aliphatic carbocycles. The van der Waals surface area contributed by atoms with Gasteiger partial charge >= 0.3 is 12.3 Å². The lowest BCUT2D eigenvalue weighted by atomic mass is 10.2. The van der Waals surface area contributed by atoms with Crippen molar-refractivity contribution < 1.29 is 32.5 Å². The maximum atomic E-state index is 13.1. The van der Waals surface area contributed by atoms with Gasteiger partial charge in [0.05, 0.1) is 16.6 Å². The second-order valence-corrected chi connectivity index (χ2v) is 6.25. The standard InChI is InChI=1S/C21H13F3N2O4/c22-21(23,24)15-3-1-2-4-18(15)29-13-7-5-12(6-8-13)19-25-16-10-9-14(30-20(27)28)11-17(16)26-19/h1-11H,(H,25,26)(H,27,28). The number of alkyl halides is 3. The van der Waals surface area contributed by atoms with Crippen LogP contribution in [-0.2, 0) is 6.18 Å². The van der Waals surface area contributed by atoms with Gasteiger partial charge in [-0.2, -0.15) is 13.2 Å². The number of nitrogens with zero attached hydrogens (tertiary/aromatic N) is 1. The summed E-state index contributed by atoms with van der Waals surface area (Å²) in [6.45, 7) is 0. The average molecular weight is 414 g/mol. The fourth-order valence-electron chi connectivity index (χ4n) is 2.89. The van der Waals surface area contributed by atoms with E-state index in [2.05, 4.69) is 14.7 Å². The molecule has 3 aromatic carbocycles. The minimum atomic E-state index is -4.52. The van der Waals surface area contributed by atoms with Gasteiger partial charge < -0.3 is 19.6 Å². The second kappa shape index (κ2) is 7.43. The number of H-pyrrole nitrogens is 1. The van der Waals surface area contributed by atoms with Gasteiger partial charge in [-0.05, 0) is 48.5 Å². The third-order valence-electron chi connectivity index (χ3n) is 4.21. The molecule has 152 valence electrons. The number of fused-ring (bicyclic) bond motifs is 1. The summed E-state index contributed by atoms with van der Waals surface area (Å²) < 4.78 is 49.3. The summed E-state index contributed by atoms with van der Waals surface area (Å²) in [7, 11) is 0. The predicted octanol–water partition coefficient (Wildman–Crippen LogP) is 6.10. The molecule has 0 fully saturated rings. The second-order valence-electron chi connectivity index (χ2n) is 6.25. The van der Waals surface area contributed by atoms with Gasteiger partial charge in [0.1, 0.15) is 23.1 Å². The summed E-state index contributed by atoms with van der Waals surface area (Å²) >= 11 is 0. The first-order valence-corrected chi connectivity index (χ1v) is 8.65. The Balaban J connectivity index is 1.58. The van der Waals surface area contributed by atoms with Crippen LogP contribution in [0, 0.1) is 0 Å². The highest BCUT2D eigenvalue weighted by molar-refractivity contribution is 5.81. The van der Waals surface area contributed by atoms with Gasteiger partial charge in [-0.25, -0.2) is 9.78 Å². The maximum absolute atomic E-state index is 13.1. The molecular formula is C21H13F3N2O4. The number of aromatic amines is 1. The third-order valence-corrected chi connectivity index (χ3v) is 4.21. The van der Waals surface area contributed by atoms with Crippen molar-refractivity contribution in [2.45, 2.75) is 6.18 Å². The molecule has 0 atom stereocenters. The van der Waals surface area contributed by atoms with E-state index in [0.717, 1.165) is 6.07 Å². The Morgan fingerprint density at radius 3 is 2.37 bits per heavy atom. The zero-order valence-corrected chi connectivity index (χ0v) is 15.1. The number of ether oxygens (including phenoxy) is 2. The van der Waals surface area contributed by atoms with Crippen LogP contribution in [-0.4, -0.2) is 21.2 Å². The number of imidazole rings is 1. The maximum Gasteiger partial charge on any atom is 0.511 e. The number of para-hydroxylation sites is 1. The zero-order valence-electron chi connectivity index (χ0n) is 15.1. The molecule has 0 aliphatic rings. The summed E-state index contributed by atoms with van der Waals surface area (Å²) in [4.78, 5) is 18.1. The van der Waals surface area contributed by atoms with Crippen LogP contribution in [0.2, 0.25) is 0 Å². The molecule has 6 nitrogen and oxygen atoms in total. The van der Waals surface area contributed by atoms with Crippen molar-refractivity contribution in [3.8, 4) is 28.6 Å². The molecule has 4 aromatic rings. The monoisotopic (exact) mass is 414 g/mol. The molecular weight excluding hydrogens is 401 g/mol. The highest BCUT2D eigenvalue weighted by Gasteiger charge is 2.34. The van der Waals surface area contributed by atoms with Gasteiger partial charge in [0.25, 0.3) is 0 Å². The smallest absolute Gasteiger partial charge is 0.457 e. The first kappa shape index (κ1) is 19.3. The Labute approximate surface area is 167 Å². The Morgan fingerprint density at radius 2 is 1.67 bits per heavy atom. The minimum Gasteiger partial charge on any atom is -0.457 e. The van der Waals surface area contributed by atoms with Gasteiger partial charge in [0.2, 0.25) is 0 Å². The number of benzene rings is 3. The van der Waals surface area contributed by atoms with Crippen molar-refractivity contribution in [2.24, 2.45) is 0 Å². The first-order chi connectivity index (χ1) is 14.3. The summed E-state index contributed by atoms with van der Waals surface area (Å²) in [6, 6.07) is 16.0. The molecule has 0 saturated heterocycles. The fourth-order valence-corrected chi connectivity index (χ4v) is 2.89. The van der Waals surface area contributed by atoms with Crippen molar-refractivity contribution in [2.75, 3.05) is 0 Å². The molecule has 0 aliphatic heterocycles. The van der Waals surface area contributed by atoms with E-state index in [-0.39, 0.29) is 17.2 Å². The molecule has 0 spiro atoms. The normalized spacial score (nSPS) is 11.4. The number of nitrogens with one attached hydrogen (secondary N) is 1. The number of hydrogen-bond donors (Lipinski definition) is 2. The van der Waals surface area contributed by atoms with Crippen LogP contribution >= 0.6 is 0 Å². The molecule has 9 heteroatoms. The third kappa shape index (κ3) is 4.04. The molecule has 0 saturated carbocycles. The Morgan fingerprint density at radius 1 is 0.967 bits per heavy atom. The molecule has 0 bridgehead atoms. The van der Waals surface area contributed by atoms with Crippen molar-refractivity contribution in [1.82, 2.24) is 9.97 Å². The van der Waals surface area contributed by atoms with Crippen molar-refractivity contribution in [3.05, 3.63) is 72.3 Å². The summed E-state index contributed by atoms with van der Waals surface area (Å²) in [5.74, 6) is 0.605. The summed E-state index contributed by atoms with van der Waals surface area (Å²) in [5, 5.41) is 8.69. The lowest BCUT2D eigenvalue weighted by molar-refractivity contribution is -0.138. The average Bonchev–Trinajstić information content (AvgIpc) is 3.11. The highest BCUT2D eigenvalue weighted by atomic mass is 19.4. The number of hydrogen-bond acceptors (Lipinski definition) is 4. The Kier molecular flexibility index (Phi) is 4.78. The predicted molar refractivity (Wildman–Crippen MR) is 102 cm³/mol. The van der Waals surface area contributed by atoms with Crippen LogP contribution in [0.15, 0.2) is 66.7 Å². The van der Waals surface area contributed by atoms with E-state index >= 15 is 0 Å². The van der Waals surface area contributed by atoms with Crippen molar-refractivity contribution in [1.29, 1.82) is 0 Å².